The number of hydrogen-bond donors (Lipinski definition) is 2. The highest BCUT2D eigenvalue weighted by atomic mass is 16.5. The van der Waals surface area contributed by atoms with E-state index in [1.807, 2.05) is 6.07 Å². The molecule has 9 nitrogen and oxygen atoms in total. The molecule has 0 spiro atoms. The van der Waals surface area contributed by atoms with E-state index in [2.05, 4.69) is 38.2 Å². The maximum Gasteiger partial charge on any atom is 0.270 e. The van der Waals surface area contributed by atoms with Gasteiger partial charge in [0, 0.05) is 31.9 Å². The number of β-amino-alcohol motifs (C(OH)–C–C–N with tert-alkyl or cyclic N) is 1. The van der Waals surface area contributed by atoms with E-state index < -0.39 is 6.10 Å². The summed E-state index contributed by atoms with van der Waals surface area (Å²) >= 11 is 0. The number of nitrogens with one attached hydrogen (secondary N) is 1. The van der Waals surface area contributed by atoms with Crippen molar-refractivity contribution in [2.45, 2.75) is 71.1 Å². The third-order valence-electron chi connectivity index (χ3n) is 7.72. The normalized spacial score (nSPS) is 17.1. The summed E-state index contributed by atoms with van der Waals surface area (Å²) in [7, 11) is 0. The van der Waals surface area contributed by atoms with Crippen molar-refractivity contribution >= 4 is 5.91 Å². The summed E-state index contributed by atoms with van der Waals surface area (Å²) in [5, 5.41) is 13.5. The zero-order valence-electron chi connectivity index (χ0n) is 22.1. The topological polar surface area (TPSA) is 114 Å². The number of carbonyl (C=O) groups is 1. The molecule has 1 aliphatic carbocycles. The Balaban J connectivity index is 1.09. The highest BCUT2D eigenvalue weighted by Crippen LogP contribution is 2.30. The Morgan fingerprint density at radius 2 is 2.13 bits per heavy atom. The second-order valence-corrected chi connectivity index (χ2v) is 10.5. The van der Waals surface area contributed by atoms with Gasteiger partial charge in [-0.25, -0.2) is 15.0 Å². The molecule has 1 saturated carbocycles. The van der Waals surface area contributed by atoms with Gasteiger partial charge in [-0.2, -0.15) is 0 Å². The van der Waals surface area contributed by atoms with E-state index in [-0.39, 0.29) is 12.5 Å². The van der Waals surface area contributed by atoms with Crippen LogP contribution in [0.1, 0.15) is 70.7 Å². The van der Waals surface area contributed by atoms with Gasteiger partial charge in [0.2, 0.25) is 0 Å². The largest absolute Gasteiger partial charge is 0.485 e. The minimum Gasteiger partial charge on any atom is -0.485 e. The number of ether oxygens (including phenoxy) is 1. The molecule has 1 fully saturated rings. The number of amides is 1. The van der Waals surface area contributed by atoms with Gasteiger partial charge in [-0.3, -0.25) is 9.69 Å². The lowest BCUT2D eigenvalue weighted by Crippen LogP contribution is -2.42. The summed E-state index contributed by atoms with van der Waals surface area (Å²) < 4.78 is 11.2. The fourth-order valence-electron chi connectivity index (χ4n) is 5.64. The summed E-state index contributed by atoms with van der Waals surface area (Å²) in [5.41, 5.74) is 4.96. The Morgan fingerprint density at radius 3 is 2.95 bits per heavy atom. The number of aliphatic hydroxyl groups excluding tert-OH is 1. The third kappa shape index (κ3) is 6.76. The van der Waals surface area contributed by atoms with Crippen molar-refractivity contribution in [3.63, 3.8) is 0 Å². The smallest absolute Gasteiger partial charge is 0.270 e. The van der Waals surface area contributed by atoms with Gasteiger partial charge in [-0.05, 0) is 54.5 Å². The molecule has 1 aliphatic heterocycles. The SMILES string of the molecule is Cc1c(OCc2cnco2)ccc2c1CCN(C[C@@H](O)CNC(=O)c1cc(CC3CCCCC3)ncn1)C2. The molecule has 1 amide bonds. The standard InChI is InChI=1S/C29H37N5O4/c1-20-26-9-10-34(15-22(26)7-8-28(20)37-17-25-14-30-19-38-25)16-24(35)13-31-29(36)27-12-23(32-18-33-27)11-21-5-3-2-4-6-21/h7-8,12,14,18-19,21,24,35H,2-6,9-11,13,15-17H2,1H3,(H,31,36)/t24-/m0/s1. The molecule has 202 valence electrons. The van der Waals surface area contributed by atoms with E-state index in [0.717, 1.165) is 42.9 Å². The highest BCUT2D eigenvalue weighted by Gasteiger charge is 2.22. The lowest BCUT2D eigenvalue weighted by molar-refractivity contribution is 0.0837. The number of carbonyl (C=O) groups excluding carboxylic acids is 1. The van der Waals surface area contributed by atoms with Gasteiger partial charge < -0.3 is 19.6 Å². The van der Waals surface area contributed by atoms with Gasteiger partial charge >= 0.3 is 0 Å². The molecule has 1 atom stereocenters. The highest BCUT2D eigenvalue weighted by molar-refractivity contribution is 5.92. The molecule has 2 aromatic heterocycles. The van der Waals surface area contributed by atoms with E-state index >= 15 is 0 Å². The van der Waals surface area contributed by atoms with Crippen LogP contribution in [0.15, 0.2) is 41.5 Å². The van der Waals surface area contributed by atoms with E-state index in [1.165, 1.54) is 56.0 Å². The predicted molar refractivity (Wildman–Crippen MR) is 142 cm³/mol. The first kappa shape index (κ1) is 26.3. The Morgan fingerprint density at radius 1 is 1.26 bits per heavy atom. The first-order chi connectivity index (χ1) is 18.5. The van der Waals surface area contributed by atoms with Gasteiger partial charge in [0.15, 0.2) is 12.2 Å². The van der Waals surface area contributed by atoms with Crippen LogP contribution in [0.25, 0.3) is 0 Å². The lowest BCUT2D eigenvalue weighted by Gasteiger charge is -2.31. The van der Waals surface area contributed by atoms with Crippen LogP contribution in [0.2, 0.25) is 0 Å². The van der Waals surface area contributed by atoms with Gasteiger partial charge in [0.05, 0.1) is 12.3 Å². The molecule has 3 aromatic rings. The van der Waals surface area contributed by atoms with E-state index in [1.54, 1.807) is 12.3 Å². The monoisotopic (exact) mass is 519 g/mol. The van der Waals surface area contributed by atoms with Crippen LogP contribution >= 0.6 is 0 Å². The zero-order chi connectivity index (χ0) is 26.3. The number of benzene rings is 1. The number of aliphatic hydroxyl groups is 1. The van der Waals surface area contributed by atoms with Crippen molar-refractivity contribution in [1.82, 2.24) is 25.2 Å². The number of aromatic nitrogens is 3. The van der Waals surface area contributed by atoms with Gasteiger partial charge in [-0.1, -0.05) is 38.2 Å². The Kier molecular flexibility index (Phi) is 8.65. The van der Waals surface area contributed by atoms with Crippen molar-refractivity contribution in [2.24, 2.45) is 5.92 Å². The number of hydrogen-bond acceptors (Lipinski definition) is 8. The van der Waals surface area contributed by atoms with Gasteiger partial charge in [0.1, 0.15) is 24.4 Å². The first-order valence-electron chi connectivity index (χ1n) is 13.7. The molecule has 2 N–H and O–H groups in total. The average Bonchev–Trinajstić information content (AvgIpc) is 3.46. The summed E-state index contributed by atoms with van der Waals surface area (Å²) in [6, 6.07) is 5.89. The summed E-state index contributed by atoms with van der Waals surface area (Å²) in [6.07, 6.45) is 12.0. The molecule has 2 aliphatic rings. The maximum atomic E-state index is 12.7. The number of nitrogens with zero attached hydrogens (tertiary/aromatic N) is 4. The molecule has 0 saturated heterocycles. The Hall–Kier alpha value is -3.30. The van der Waals surface area contributed by atoms with Crippen molar-refractivity contribution < 1.29 is 19.1 Å². The predicted octanol–water partition coefficient (Wildman–Crippen LogP) is 3.62. The molecule has 0 bridgehead atoms. The van der Waals surface area contributed by atoms with E-state index in [9.17, 15) is 9.90 Å². The van der Waals surface area contributed by atoms with E-state index in [4.69, 9.17) is 9.15 Å². The molecule has 5 rings (SSSR count). The van der Waals surface area contributed by atoms with Crippen molar-refractivity contribution in [1.29, 1.82) is 0 Å². The fourth-order valence-corrected chi connectivity index (χ4v) is 5.64. The van der Waals surface area contributed by atoms with Crippen LogP contribution in [0, 0.1) is 12.8 Å². The molecule has 0 unspecified atom stereocenters. The number of rotatable bonds is 10. The zero-order valence-corrected chi connectivity index (χ0v) is 22.1. The number of fused-ring (bicyclic) bond motifs is 1. The molecular formula is C29H37N5O4. The van der Waals surface area contributed by atoms with Crippen LogP contribution in [0.4, 0.5) is 0 Å². The van der Waals surface area contributed by atoms with Gasteiger partial charge in [-0.15, -0.1) is 0 Å². The molecular weight excluding hydrogens is 482 g/mol. The van der Waals surface area contributed by atoms with Crippen molar-refractivity contribution in [3.8, 4) is 5.75 Å². The quantitative estimate of drug-likeness (QED) is 0.418. The Labute approximate surface area is 223 Å². The van der Waals surface area contributed by atoms with Crippen molar-refractivity contribution in [2.75, 3.05) is 19.6 Å². The van der Waals surface area contributed by atoms with Crippen LogP contribution in [0.3, 0.4) is 0 Å². The average molecular weight is 520 g/mol. The first-order valence-corrected chi connectivity index (χ1v) is 13.7. The van der Waals surface area contributed by atoms with Crippen LogP contribution in [-0.2, 0) is 26.0 Å². The molecule has 1 aromatic carbocycles. The minimum atomic E-state index is -0.672. The summed E-state index contributed by atoms with van der Waals surface area (Å²) in [5.74, 6) is 1.92. The lowest BCUT2D eigenvalue weighted by atomic mass is 9.86. The second-order valence-electron chi connectivity index (χ2n) is 10.5. The van der Waals surface area contributed by atoms with Crippen LogP contribution < -0.4 is 10.1 Å². The second kappa shape index (κ2) is 12.5. The molecule has 9 heteroatoms. The maximum absolute atomic E-state index is 12.7. The van der Waals surface area contributed by atoms with Crippen LogP contribution in [0.5, 0.6) is 5.75 Å². The van der Waals surface area contributed by atoms with Crippen LogP contribution in [-0.4, -0.2) is 56.6 Å². The van der Waals surface area contributed by atoms with Crippen molar-refractivity contribution in [3.05, 3.63) is 71.0 Å². The molecule has 38 heavy (non-hydrogen) atoms. The summed E-state index contributed by atoms with van der Waals surface area (Å²) in [6.45, 7) is 4.68. The van der Waals surface area contributed by atoms with Gasteiger partial charge in [0.25, 0.3) is 5.91 Å². The third-order valence-corrected chi connectivity index (χ3v) is 7.72. The summed E-state index contributed by atoms with van der Waals surface area (Å²) in [4.78, 5) is 27.4. The minimum absolute atomic E-state index is 0.178. The fraction of sp³-hybridized carbons (Fsp3) is 0.517. The Bertz CT molecular complexity index is 1210. The molecule has 3 heterocycles. The number of oxazole rings is 1. The molecule has 0 radical (unpaired) electrons. The van der Waals surface area contributed by atoms with E-state index in [0.29, 0.717) is 30.5 Å².